The number of alkyl carbamates (subject to hydrolysis) is 1. The number of para-hydroxylation sites is 1. The summed E-state index contributed by atoms with van der Waals surface area (Å²) in [5.74, 6) is 2.27. The molecule has 3 fully saturated rings. The Morgan fingerprint density at radius 3 is 2.43 bits per heavy atom. The highest BCUT2D eigenvalue weighted by Crippen LogP contribution is 2.45. The number of carbonyl (C=O) groups excluding carboxylic acids is 2. The summed E-state index contributed by atoms with van der Waals surface area (Å²) in [7, 11) is 0. The summed E-state index contributed by atoms with van der Waals surface area (Å²) in [5.41, 5.74) is 2.47. The number of halogens is 1. The molecule has 236 valence electrons. The van der Waals surface area contributed by atoms with Crippen LogP contribution >= 0.6 is 0 Å². The van der Waals surface area contributed by atoms with E-state index in [0.29, 0.717) is 30.8 Å². The molecule has 0 spiro atoms. The summed E-state index contributed by atoms with van der Waals surface area (Å²) in [4.78, 5) is 30.9. The summed E-state index contributed by atoms with van der Waals surface area (Å²) >= 11 is 0. The minimum atomic E-state index is -0.523. The maximum atomic E-state index is 14.1. The Morgan fingerprint density at radius 2 is 1.73 bits per heavy atom. The fourth-order valence-corrected chi connectivity index (χ4v) is 7.37. The number of ether oxygens (including phenoxy) is 1. The average molecular weight is 603 g/mol. The number of piperidine rings is 1. The van der Waals surface area contributed by atoms with Gasteiger partial charge in [0.25, 0.3) is 5.91 Å². The van der Waals surface area contributed by atoms with Crippen molar-refractivity contribution in [3.05, 3.63) is 71.7 Å². The molecule has 2 aliphatic heterocycles. The van der Waals surface area contributed by atoms with E-state index in [4.69, 9.17) is 4.74 Å². The summed E-state index contributed by atoms with van der Waals surface area (Å²) in [5, 5.41) is 3.90. The molecule has 7 nitrogen and oxygen atoms in total. The number of likely N-dealkylation sites (tertiary alicyclic amines) is 2. The summed E-state index contributed by atoms with van der Waals surface area (Å²) in [6.45, 7) is 11.6. The van der Waals surface area contributed by atoms with Crippen molar-refractivity contribution in [1.82, 2.24) is 19.7 Å². The van der Waals surface area contributed by atoms with Crippen LogP contribution in [0.2, 0.25) is 0 Å². The van der Waals surface area contributed by atoms with Crippen molar-refractivity contribution in [3.63, 3.8) is 0 Å². The second-order valence-corrected chi connectivity index (χ2v) is 14.1. The molecular formula is C36H47FN4O3. The zero-order valence-electron chi connectivity index (χ0n) is 26.4. The molecule has 44 heavy (non-hydrogen) atoms. The third-order valence-corrected chi connectivity index (χ3v) is 9.69. The first kappa shape index (κ1) is 30.6. The Morgan fingerprint density at radius 1 is 0.977 bits per heavy atom. The summed E-state index contributed by atoms with van der Waals surface area (Å²) < 4.78 is 20.9. The zero-order valence-corrected chi connectivity index (χ0v) is 26.4. The SMILES string of the molecule is CC(C)(C)OC(=O)NCCCn1ccc2cccc(C(=O)N3CC(CN4CCC(c5ccc(F)cc5)CC4)C(C4CC4)C3)c21. The Labute approximate surface area is 260 Å². The van der Waals surface area contributed by atoms with Gasteiger partial charge in [-0.15, -0.1) is 0 Å². The fourth-order valence-electron chi connectivity index (χ4n) is 7.37. The third kappa shape index (κ3) is 7.28. The van der Waals surface area contributed by atoms with Crippen molar-refractivity contribution in [1.29, 1.82) is 0 Å². The largest absolute Gasteiger partial charge is 0.444 e. The molecule has 2 unspecified atom stereocenters. The van der Waals surface area contributed by atoms with Crippen molar-refractivity contribution >= 4 is 22.9 Å². The molecule has 2 amide bonds. The first-order valence-electron chi connectivity index (χ1n) is 16.5. The number of hydrogen-bond acceptors (Lipinski definition) is 4. The van der Waals surface area contributed by atoms with E-state index < -0.39 is 11.7 Å². The maximum absolute atomic E-state index is 14.1. The lowest BCUT2D eigenvalue weighted by Crippen LogP contribution is -2.39. The Bertz CT molecular complexity index is 1450. The van der Waals surface area contributed by atoms with E-state index in [1.165, 1.54) is 18.4 Å². The van der Waals surface area contributed by atoms with Crippen LogP contribution in [0.4, 0.5) is 9.18 Å². The van der Waals surface area contributed by atoms with E-state index in [0.717, 1.165) is 74.4 Å². The van der Waals surface area contributed by atoms with Crippen molar-refractivity contribution in [2.75, 3.05) is 39.3 Å². The lowest BCUT2D eigenvalue weighted by molar-refractivity contribution is 0.0526. The predicted octanol–water partition coefficient (Wildman–Crippen LogP) is 6.67. The van der Waals surface area contributed by atoms with Crippen molar-refractivity contribution in [2.45, 2.75) is 70.9 Å². The van der Waals surface area contributed by atoms with Crippen LogP contribution in [0.1, 0.15) is 74.7 Å². The van der Waals surface area contributed by atoms with Gasteiger partial charge in [-0.05, 0) is 119 Å². The van der Waals surface area contributed by atoms with Gasteiger partial charge in [0.15, 0.2) is 0 Å². The number of nitrogens with zero attached hydrogens (tertiary/aromatic N) is 3. The van der Waals surface area contributed by atoms with Crippen LogP contribution in [0.25, 0.3) is 10.9 Å². The Balaban J connectivity index is 1.07. The molecule has 1 aromatic heterocycles. The normalized spacial score (nSPS) is 21.6. The van der Waals surface area contributed by atoms with Gasteiger partial charge in [0.2, 0.25) is 0 Å². The van der Waals surface area contributed by atoms with Crippen LogP contribution in [0, 0.1) is 23.6 Å². The van der Waals surface area contributed by atoms with E-state index in [1.54, 1.807) is 12.1 Å². The van der Waals surface area contributed by atoms with Gasteiger partial charge in [-0.25, -0.2) is 9.18 Å². The van der Waals surface area contributed by atoms with Crippen LogP contribution in [-0.4, -0.2) is 71.2 Å². The molecule has 3 aliphatic rings. The monoisotopic (exact) mass is 602 g/mol. The Kier molecular flexibility index (Phi) is 8.99. The number of nitrogens with one attached hydrogen (secondary N) is 1. The van der Waals surface area contributed by atoms with Crippen LogP contribution in [0.15, 0.2) is 54.7 Å². The lowest BCUT2D eigenvalue weighted by Gasteiger charge is -2.34. The minimum absolute atomic E-state index is 0.130. The van der Waals surface area contributed by atoms with Gasteiger partial charge >= 0.3 is 6.09 Å². The first-order valence-corrected chi connectivity index (χ1v) is 16.5. The van der Waals surface area contributed by atoms with Gasteiger partial charge in [-0.2, -0.15) is 0 Å². The summed E-state index contributed by atoms with van der Waals surface area (Å²) in [6, 6.07) is 15.1. The number of carbonyl (C=O) groups is 2. The molecule has 2 aromatic carbocycles. The number of fused-ring (bicyclic) bond motifs is 1. The second kappa shape index (κ2) is 12.9. The molecule has 1 aliphatic carbocycles. The summed E-state index contributed by atoms with van der Waals surface area (Å²) in [6.07, 6.45) is 7.14. The molecule has 2 saturated heterocycles. The Hall–Kier alpha value is -3.39. The number of aryl methyl sites for hydroxylation is 1. The van der Waals surface area contributed by atoms with E-state index in [2.05, 4.69) is 31.8 Å². The van der Waals surface area contributed by atoms with E-state index in [9.17, 15) is 14.0 Å². The van der Waals surface area contributed by atoms with Gasteiger partial charge in [0.05, 0.1) is 11.1 Å². The number of benzene rings is 2. The highest BCUT2D eigenvalue weighted by atomic mass is 19.1. The van der Waals surface area contributed by atoms with Gasteiger partial charge < -0.3 is 24.4 Å². The molecule has 0 radical (unpaired) electrons. The van der Waals surface area contributed by atoms with E-state index >= 15 is 0 Å². The van der Waals surface area contributed by atoms with Gasteiger partial charge in [0.1, 0.15) is 11.4 Å². The van der Waals surface area contributed by atoms with Crippen molar-refractivity contribution in [3.8, 4) is 0 Å². The highest BCUT2D eigenvalue weighted by Gasteiger charge is 2.44. The van der Waals surface area contributed by atoms with E-state index in [-0.39, 0.29) is 11.7 Å². The molecule has 6 rings (SSSR count). The first-order chi connectivity index (χ1) is 21.1. The third-order valence-electron chi connectivity index (χ3n) is 9.69. The zero-order chi connectivity index (χ0) is 30.8. The molecule has 1 N–H and O–H groups in total. The predicted molar refractivity (Wildman–Crippen MR) is 171 cm³/mol. The van der Waals surface area contributed by atoms with Crippen LogP contribution in [0.3, 0.4) is 0 Å². The van der Waals surface area contributed by atoms with Crippen LogP contribution in [-0.2, 0) is 11.3 Å². The quantitative estimate of drug-likeness (QED) is 0.278. The van der Waals surface area contributed by atoms with Gasteiger partial charge in [0, 0.05) is 44.3 Å². The topological polar surface area (TPSA) is 66.8 Å². The smallest absolute Gasteiger partial charge is 0.407 e. The van der Waals surface area contributed by atoms with Gasteiger partial charge in [-0.3, -0.25) is 4.79 Å². The molecule has 0 bridgehead atoms. The average Bonchev–Trinajstić information content (AvgIpc) is 3.62. The number of amides is 2. The van der Waals surface area contributed by atoms with E-state index in [1.807, 2.05) is 51.2 Å². The molecule has 8 heteroatoms. The van der Waals surface area contributed by atoms with Crippen molar-refractivity contribution < 1.29 is 18.7 Å². The van der Waals surface area contributed by atoms with Crippen LogP contribution < -0.4 is 5.32 Å². The molecule has 1 saturated carbocycles. The number of rotatable bonds is 9. The number of hydrogen-bond donors (Lipinski definition) is 1. The second-order valence-electron chi connectivity index (χ2n) is 14.1. The standard InChI is InChI=1S/C36H47FN4O3/c1-36(2,3)44-35(43)38-17-5-18-40-21-16-28-6-4-7-31(33(28)40)34(42)41-23-29(32(24-41)27-8-9-27)22-39-19-14-26(15-20-39)25-10-12-30(37)13-11-25/h4,6-7,10-13,16,21,26-27,29,32H,5,8-9,14-15,17-20,22-24H2,1-3H3,(H,38,43). The molecule has 3 aromatic rings. The molecule has 2 atom stereocenters. The minimum Gasteiger partial charge on any atom is -0.444 e. The number of aromatic nitrogens is 1. The lowest BCUT2D eigenvalue weighted by atomic mass is 9.87. The maximum Gasteiger partial charge on any atom is 0.407 e. The highest BCUT2D eigenvalue weighted by molar-refractivity contribution is 6.06. The van der Waals surface area contributed by atoms with Crippen molar-refractivity contribution in [2.24, 2.45) is 17.8 Å². The molecular weight excluding hydrogens is 555 g/mol. The van der Waals surface area contributed by atoms with Crippen LogP contribution in [0.5, 0.6) is 0 Å². The van der Waals surface area contributed by atoms with Gasteiger partial charge in [-0.1, -0.05) is 24.3 Å². The molecule has 3 heterocycles. The fraction of sp³-hybridized carbons (Fsp3) is 0.556.